The van der Waals surface area contributed by atoms with Crippen molar-refractivity contribution in [2.75, 3.05) is 0 Å². The third-order valence-electron chi connectivity index (χ3n) is 2.98. The largest absolute Gasteiger partial charge is 0.506 e. The molecule has 109 valence electrons. The van der Waals surface area contributed by atoms with Crippen molar-refractivity contribution in [3.05, 3.63) is 78.0 Å². The molecule has 0 bridgehead atoms. The van der Waals surface area contributed by atoms with Gasteiger partial charge in [-0.1, -0.05) is 47.4 Å². The maximum atomic E-state index is 9.31. The maximum absolute atomic E-state index is 9.31. The number of nitrogens with zero attached hydrogens (tertiary/aromatic N) is 1. The number of hydrogen-bond donors (Lipinski definition) is 2. The van der Waals surface area contributed by atoms with Gasteiger partial charge in [-0.2, -0.15) is 0 Å². The molecule has 2 N–H and O–H groups in total. The summed E-state index contributed by atoms with van der Waals surface area (Å²) in [6.07, 6.45) is 1.67. The van der Waals surface area contributed by atoms with Crippen LogP contribution in [0, 0.1) is 0 Å². The molecule has 1 aromatic heterocycles. The molecule has 0 aliphatic rings. The molecule has 22 heavy (non-hydrogen) atoms. The van der Waals surface area contributed by atoms with E-state index in [9.17, 15) is 5.11 Å². The number of pyridine rings is 1. The van der Waals surface area contributed by atoms with E-state index in [0.29, 0.717) is 16.0 Å². The van der Waals surface area contributed by atoms with Gasteiger partial charge in [0.25, 0.3) is 0 Å². The molecule has 3 aromatic rings. The number of halogens is 1. The summed E-state index contributed by atoms with van der Waals surface area (Å²) in [4.78, 5) is 4.03. The van der Waals surface area contributed by atoms with Gasteiger partial charge in [0.05, 0.1) is 0 Å². The Labute approximate surface area is 134 Å². The number of fused-ring (bicyclic) bond motifs is 1. The molecule has 0 atom stereocenters. The van der Waals surface area contributed by atoms with Crippen LogP contribution in [0.4, 0.5) is 0 Å². The van der Waals surface area contributed by atoms with Crippen molar-refractivity contribution in [2.24, 2.45) is 0 Å². The van der Waals surface area contributed by atoms with Gasteiger partial charge in [0.2, 0.25) is 0 Å². The van der Waals surface area contributed by atoms with E-state index in [0.717, 1.165) is 18.4 Å². The Bertz CT molecular complexity index is 770. The summed E-state index contributed by atoms with van der Waals surface area (Å²) in [5.41, 5.74) is 2.12. The van der Waals surface area contributed by atoms with Crippen molar-refractivity contribution in [3.8, 4) is 5.75 Å². The van der Waals surface area contributed by atoms with Crippen LogP contribution in [0.15, 0.2) is 67.4 Å². The first-order chi connectivity index (χ1) is 10.6. The van der Waals surface area contributed by atoms with Crippen molar-refractivity contribution in [1.29, 1.82) is 0 Å². The van der Waals surface area contributed by atoms with Gasteiger partial charge in [0, 0.05) is 16.6 Å². The lowest BCUT2D eigenvalue weighted by atomic mass is 9.84. The quantitative estimate of drug-likeness (QED) is 0.707. The molecule has 0 saturated heterocycles. The Balaban J connectivity index is 0.000000160. The number of aromatic nitrogens is 1. The second-order valence-corrected chi connectivity index (χ2v) is 4.95. The van der Waals surface area contributed by atoms with Crippen molar-refractivity contribution in [2.45, 2.75) is 0 Å². The molecule has 5 heteroatoms. The second-order valence-electron chi connectivity index (χ2n) is 4.51. The SMILES string of the molecule is C=C([B]O)c1ccc(Cl)cc1.Oc1cccc2cccnc12. The minimum Gasteiger partial charge on any atom is -0.506 e. The monoisotopic (exact) mass is 310 g/mol. The average molecular weight is 311 g/mol. The molecule has 1 heterocycles. The van der Waals surface area contributed by atoms with E-state index in [1.54, 1.807) is 42.6 Å². The summed E-state index contributed by atoms with van der Waals surface area (Å²) in [5, 5.41) is 19.6. The maximum Gasteiger partial charge on any atom is 0.326 e. The van der Waals surface area contributed by atoms with Crippen LogP contribution in [0.25, 0.3) is 16.4 Å². The van der Waals surface area contributed by atoms with Gasteiger partial charge in [0.15, 0.2) is 0 Å². The first-order valence-corrected chi connectivity index (χ1v) is 6.94. The van der Waals surface area contributed by atoms with Crippen LogP contribution >= 0.6 is 11.6 Å². The highest BCUT2D eigenvalue weighted by Crippen LogP contribution is 2.20. The topological polar surface area (TPSA) is 53.4 Å². The Hall–Kier alpha value is -2.30. The number of aromatic hydroxyl groups is 1. The van der Waals surface area contributed by atoms with Crippen LogP contribution in [-0.2, 0) is 0 Å². The third kappa shape index (κ3) is 4.10. The Morgan fingerprint density at radius 2 is 1.73 bits per heavy atom. The van der Waals surface area contributed by atoms with Gasteiger partial charge in [-0.3, -0.25) is 4.98 Å². The minimum atomic E-state index is 0.239. The number of phenolic OH excluding ortho intramolecular Hbond substituents is 1. The Morgan fingerprint density at radius 3 is 2.36 bits per heavy atom. The zero-order chi connectivity index (χ0) is 15.9. The minimum absolute atomic E-state index is 0.239. The summed E-state index contributed by atoms with van der Waals surface area (Å²) in [6, 6.07) is 16.2. The van der Waals surface area contributed by atoms with Gasteiger partial charge in [-0.25, -0.2) is 0 Å². The summed E-state index contributed by atoms with van der Waals surface area (Å²) >= 11 is 5.66. The lowest BCUT2D eigenvalue weighted by molar-refractivity contribution is 0.480. The van der Waals surface area contributed by atoms with E-state index in [1.807, 2.05) is 18.2 Å². The van der Waals surface area contributed by atoms with Crippen LogP contribution in [0.3, 0.4) is 0 Å². The smallest absolute Gasteiger partial charge is 0.326 e. The van der Waals surface area contributed by atoms with E-state index >= 15 is 0 Å². The average Bonchev–Trinajstić information content (AvgIpc) is 2.56. The summed E-state index contributed by atoms with van der Waals surface area (Å²) in [6.45, 7) is 3.62. The molecule has 0 aliphatic heterocycles. The van der Waals surface area contributed by atoms with E-state index < -0.39 is 0 Å². The number of phenols is 1. The molecular weight excluding hydrogens is 296 g/mol. The molecule has 0 aliphatic carbocycles. The third-order valence-corrected chi connectivity index (χ3v) is 3.23. The van der Waals surface area contributed by atoms with Crippen LogP contribution < -0.4 is 0 Å². The zero-order valence-corrected chi connectivity index (χ0v) is 12.5. The van der Waals surface area contributed by atoms with Gasteiger partial charge in [0.1, 0.15) is 11.3 Å². The molecule has 3 rings (SSSR count). The first-order valence-electron chi connectivity index (χ1n) is 6.57. The predicted octanol–water partition coefficient (Wildman–Crippen LogP) is 3.86. The van der Waals surface area contributed by atoms with Crippen LogP contribution in [0.5, 0.6) is 5.75 Å². The van der Waals surface area contributed by atoms with E-state index in [1.165, 1.54) is 0 Å². The predicted molar refractivity (Wildman–Crippen MR) is 91.9 cm³/mol. The fourth-order valence-electron chi connectivity index (χ4n) is 1.83. The standard InChI is InChI=1S/C9H7NO.C8H7BClO/c11-8-5-1-3-7-4-2-6-10-9(7)8;1-6(9-11)7-2-4-8(10)5-3-7/h1-6,11H;2-5,11H,1H2. The van der Waals surface area contributed by atoms with Gasteiger partial charge < -0.3 is 10.1 Å². The fourth-order valence-corrected chi connectivity index (χ4v) is 1.95. The lowest BCUT2D eigenvalue weighted by Gasteiger charge is -1.99. The molecule has 0 amide bonds. The summed E-state index contributed by atoms with van der Waals surface area (Å²) in [5.74, 6) is 0.239. The van der Waals surface area contributed by atoms with E-state index in [4.69, 9.17) is 16.6 Å². The molecule has 2 aromatic carbocycles. The number of para-hydroxylation sites is 1. The zero-order valence-electron chi connectivity index (χ0n) is 11.8. The van der Waals surface area contributed by atoms with Crippen LogP contribution in [0.1, 0.15) is 5.56 Å². The van der Waals surface area contributed by atoms with Crippen LogP contribution in [-0.4, -0.2) is 22.6 Å². The van der Waals surface area contributed by atoms with Gasteiger partial charge in [-0.15, -0.1) is 6.58 Å². The lowest BCUT2D eigenvalue weighted by Crippen LogP contribution is -1.91. The Kier molecular flexibility index (Phi) is 5.58. The fraction of sp³-hybridized carbons (Fsp3) is 0. The van der Waals surface area contributed by atoms with E-state index in [-0.39, 0.29) is 5.75 Å². The molecule has 0 fully saturated rings. The molecule has 0 spiro atoms. The van der Waals surface area contributed by atoms with Gasteiger partial charge in [-0.05, 0) is 29.8 Å². The highest BCUT2D eigenvalue weighted by atomic mass is 35.5. The first kappa shape index (κ1) is 16.1. The normalized spacial score (nSPS) is 9.73. The van der Waals surface area contributed by atoms with Crippen LogP contribution in [0.2, 0.25) is 5.02 Å². The van der Waals surface area contributed by atoms with Crippen molar-refractivity contribution < 1.29 is 10.1 Å². The van der Waals surface area contributed by atoms with Crippen molar-refractivity contribution in [3.63, 3.8) is 0 Å². The molecule has 0 saturated carbocycles. The molecular formula is C17H14BClNO2. The molecule has 0 unspecified atom stereocenters. The number of hydrogen-bond acceptors (Lipinski definition) is 3. The van der Waals surface area contributed by atoms with Crippen molar-refractivity contribution >= 4 is 35.5 Å². The van der Waals surface area contributed by atoms with Gasteiger partial charge >= 0.3 is 7.48 Å². The van der Waals surface area contributed by atoms with Crippen molar-refractivity contribution in [1.82, 2.24) is 4.98 Å². The summed E-state index contributed by atoms with van der Waals surface area (Å²) < 4.78 is 0. The summed E-state index contributed by atoms with van der Waals surface area (Å²) in [7, 11) is 0.975. The Morgan fingerprint density at radius 1 is 1.05 bits per heavy atom. The highest BCUT2D eigenvalue weighted by Gasteiger charge is 1.98. The second kappa shape index (κ2) is 7.64. The number of rotatable bonds is 2. The highest BCUT2D eigenvalue weighted by molar-refractivity contribution is 6.53. The number of benzene rings is 2. The molecule has 1 radical (unpaired) electrons. The van der Waals surface area contributed by atoms with E-state index in [2.05, 4.69) is 11.6 Å². The molecule has 3 nitrogen and oxygen atoms in total.